The lowest BCUT2D eigenvalue weighted by molar-refractivity contribution is -0.113. The summed E-state index contributed by atoms with van der Waals surface area (Å²) in [6.45, 7) is 1.71. The number of amides is 1. The largest absolute Gasteiger partial charge is 0.351 e. The topological polar surface area (TPSA) is 53.2 Å². The third kappa shape index (κ3) is 3.84. The fourth-order valence-electron chi connectivity index (χ4n) is 2.70. The van der Waals surface area contributed by atoms with Crippen LogP contribution in [0.4, 0.5) is 14.5 Å². The minimum Gasteiger partial charge on any atom is -0.351 e. The van der Waals surface area contributed by atoms with Gasteiger partial charge in [0.15, 0.2) is 16.7 Å². The summed E-state index contributed by atoms with van der Waals surface area (Å²) >= 11 is 11.2. The molecule has 1 aliphatic rings. The van der Waals surface area contributed by atoms with E-state index < -0.39 is 23.6 Å². The smallest absolute Gasteiger partial charge is 0.255 e. The quantitative estimate of drug-likeness (QED) is 0.689. The van der Waals surface area contributed by atoms with E-state index in [4.69, 9.17) is 23.8 Å². The maximum Gasteiger partial charge on any atom is 0.255 e. The van der Waals surface area contributed by atoms with Gasteiger partial charge < -0.3 is 16.0 Å². The molecular weight excluding hydrogens is 380 g/mol. The van der Waals surface area contributed by atoms with Crippen LogP contribution in [-0.2, 0) is 4.79 Å². The van der Waals surface area contributed by atoms with Crippen LogP contribution < -0.4 is 16.0 Å². The number of allylic oxidation sites excluding steroid dienone is 1. The Kier molecular flexibility index (Phi) is 5.20. The van der Waals surface area contributed by atoms with Gasteiger partial charge in [-0.3, -0.25) is 4.79 Å². The zero-order valence-corrected chi connectivity index (χ0v) is 15.1. The number of halogens is 3. The van der Waals surface area contributed by atoms with Gasteiger partial charge >= 0.3 is 0 Å². The molecule has 2 aromatic rings. The van der Waals surface area contributed by atoms with Crippen molar-refractivity contribution in [1.82, 2.24) is 10.6 Å². The van der Waals surface area contributed by atoms with E-state index in [1.54, 1.807) is 25.1 Å². The summed E-state index contributed by atoms with van der Waals surface area (Å²) in [7, 11) is 0. The molecule has 4 nitrogen and oxygen atoms in total. The fraction of sp³-hybridized carbons (Fsp3) is 0.111. The van der Waals surface area contributed by atoms with E-state index in [2.05, 4.69) is 16.0 Å². The van der Waals surface area contributed by atoms with Crippen molar-refractivity contribution >= 4 is 40.5 Å². The van der Waals surface area contributed by atoms with Crippen molar-refractivity contribution in [1.29, 1.82) is 0 Å². The molecule has 3 N–H and O–H groups in total. The number of anilines is 1. The number of carbonyl (C=O) groups excluding carboxylic acids is 1. The van der Waals surface area contributed by atoms with Gasteiger partial charge in [-0.2, -0.15) is 0 Å². The van der Waals surface area contributed by atoms with Crippen LogP contribution in [0.2, 0.25) is 5.02 Å². The van der Waals surface area contributed by atoms with Crippen LogP contribution in [0.5, 0.6) is 0 Å². The van der Waals surface area contributed by atoms with Crippen LogP contribution in [0.1, 0.15) is 18.5 Å². The molecule has 8 heteroatoms. The van der Waals surface area contributed by atoms with Gasteiger partial charge in [0.1, 0.15) is 0 Å². The molecule has 1 amide bonds. The molecule has 1 atom stereocenters. The van der Waals surface area contributed by atoms with Gasteiger partial charge in [0.2, 0.25) is 0 Å². The Morgan fingerprint density at radius 2 is 1.96 bits per heavy atom. The summed E-state index contributed by atoms with van der Waals surface area (Å²) in [6.07, 6.45) is 0. The third-order valence-corrected chi connectivity index (χ3v) is 4.33. The molecular formula is C18H14ClF2N3OS. The molecule has 0 saturated carbocycles. The Hall–Kier alpha value is -2.51. The SMILES string of the molecule is CC1=C(C(=O)Nc2ccc(F)c(F)c2)C(c2cccc(Cl)c2)NC(=S)N1. The van der Waals surface area contributed by atoms with Crippen LogP contribution >= 0.6 is 23.8 Å². The highest BCUT2D eigenvalue weighted by Crippen LogP contribution is 2.29. The molecule has 0 saturated heterocycles. The lowest BCUT2D eigenvalue weighted by Crippen LogP contribution is -2.45. The summed E-state index contributed by atoms with van der Waals surface area (Å²) in [5.41, 5.74) is 1.81. The second-order valence-electron chi connectivity index (χ2n) is 5.71. The van der Waals surface area contributed by atoms with E-state index in [0.717, 1.165) is 17.7 Å². The highest BCUT2D eigenvalue weighted by atomic mass is 35.5. The molecule has 26 heavy (non-hydrogen) atoms. The number of thiocarbonyl (C=S) groups is 1. The van der Waals surface area contributed by atoms with E-state index in [-0.39, 0.29) is 5.69 Å². The summed E-state index contributed by atoms with van der Waals surface area (Å²) in [6, 6.07) is 9.66. The zero-order valence-electron chi connectivity index (χ0n) is 13.6. The van der Waals surface area contributed by atoms with Crippen LogP contribution in [0, 0.1) is 11.6 Å². The number of hydrogen-bond donors (Lipinski definition) is 3. The average molecular weight is 394 g/mol. The molecule has 0 spiro atoms. The summed E-state index contributed by atoms with van der Waals surface area (Å²) < 4.78 is 26.5. The second-order valence-corrected chi connectivity index (χ2v) is 6.55. The molecule has 0 aromatic heterocycles. The zero-order chi connectivity index (χ0) is 18.8. The van der Waals surface area contributed by atoms with Gasteiger partial charge in [-0.15, -0.1) is 0 Å². The minimum absolute atomic E-state index is 0.146. The molecule has 0 aliphatic carbocycles. The van der Waals surface area contributed by atoms with Crippen LogP contribution in [0.15, 0.2) is 53.7 Å². The number of carbonyl (C=O) groups is 1. The van der Waals surface area contributed by atoms with Crippen molar-refractivity contribution in [2.24, 2.45) is 0 Å². The first-order chi connectivity index (χ1) is 12.3. The average Bonchev–Trinajstić information content (AvgIpc) is 2.57. The van der Waals surface area contributed by atoms with Gasteiger partial charge in [-0.05, 0) is 49.0 Å². The molecule has 1 aliphatic heterocycles. The Morgan fingerprint density at radius 3 is 2.65 bits per heavy atom. The summed E-state index contributed by atoms with van der Waals surface area (Å²) in [5.74, 6) is -2.50. The van der Waals surface area contributed by atoms with Gasteiger partial charge in [-0.25, -0.2) is 8.78 Å². The molecule has 1 heterocycles. The van der Waals surface area contributed by atoms with E-state index in [9.17, 15) is 13.6 Å². The molecule has 0 fully saturated rings. The Morgan fingerprint density at radius 1 is 1.19 bits per heavy atom. The predicted molar refractivity (Wildman–Crippen MR) is 101 cm³/mol. The molecule has 134 valence electrons. The number of rotatable bonds is 3. The molecule has 3 rings (SSSR count). The Balaban J connectivity index is 1.95. The number of benzene rings is 2. The third-order valence-electron chi connectivity index (χ3n) is 3.87. The standard InChI is InChI=1S/C18H14ClF2N3OS/c1-9-15(17(25)23-12-5-6-13(20)14(21)8-12)16(24-18(26)22-9)10-3-2-4-11(19)7-10/h2-8,16H,1H3,(H,23,25)(H2,22,24,26). The molecule has 2 aromatic carbocycles. The maximum absolute atomic E-state index is 13.4. The maximum atomic E-state index is 13.4. The molecule has 0 radical (unpaired) electrons. The molecule has 1 unspecified atom stereocenters. The fourth-order valence-corrected chi connectivity index (χ4v) is 3.17. The first-order valence-electron chi connectivity index (χ1n) is 7.65. The van der Waals surface area contributed by atoms with Gasteiger partial charge in [0.05, 0.1) is 11.6 Å². The Labute approximate surface area is 159 Å². The highest BCUT2D eigenvalue weighted by Gasteiger charge is 2.30. The van der Waals surface area contributed by atoms with Crippen molar-refractivity contribution < 1.29 is 13.6 Å². The van der Waals surface area contributed by atoms with Crippen molar-refractivity contribution in [3.8, 4) is 0 Å². The van der Waals surface area contributed by atoms with Gasteiger partial charge in [-0.1, -0.05) is 23.7 Å². The minimum atomic E-state index is -1.04. The van der Waals surface area contributed by atoms with E-state index in [1.807, 2.05) is 6.07 Å². The molecule has 0 bridgehead atoms. The van der Waals surface area contributed by atoms with Gasteiger partial charge in [0.25, 0.3) is 5.91 Å². The first-order valence-corrected chi connectivity index (χ1v) is 8.44. The predicted octanol–water partition coefficient (Wildman–Crippen LogP) is 4.05. The van der Waals surface area contributed by atoms with E-state index >= 15 is 0 Å². The lowest BCUT2D eigenvalue weighted by atomic mass is 9.95. The van der Waals surface area contributed by atoms with Crippen molar-refractivity contribution in [3.63, 3.8) is 0 Å². The Bertz CT molecular complexity index is 932. The highest BCUT2D eigenvalue weighted by molar-refractivity contribution is 7.80. The van der Waals surface area contributed by atoms with Crippen LogP contribution in [-0.4, -0.2) is 11.0 Å². The lowest BCUT2D eigenvalue weighted by Gasteiger charge is -2.30. The summed E-state index contributed by atoms with van der Waals surface area (Å²) in [5, 5.41) is 9.41. The van der Waals surface area contributed by atoms with Crippen molar-refractivity contribution in [2.75, 3.05) is 5.32 Å². The normalized spacial score (nSPS) is 16.8. The monoisotopic (exact) mass is 393 g/mol. The van der Waals surface area contributed by atoms with Crippen molar-refractivity contribution in [2.45, 2.75) is 13.0 Å². The number of hydrogen-bond acceptors (Lipinski definition) is 2. The van der Waals surface area contributed by atoms with E-state index in [1.165, 1.54) is 6.07 Å². The van der Waals surface area contributed by atoms with Crippen LogP contribution in [0.3, 0.4) is 0 Å². The first kappa shape index (κ1) is 18.3. The van der Waals surface area contributed by atoms with E-state index in [0.29, 0.717) is 21.4 Å². The van der Waals surface area contributed by atoms with Crippen LogP contribution in [0.25, 0.3) is 0 Å². The number of nitrogens with one attached hydrogen (secondary N) is 3. The summed E-state index contributed by atoms with van der Waals surface area (Å²) in [4.78, 5) is 12.8. The van der Waals surface area contributed by atoms with Crippen molar-refractivity contribution in [3.05, 3.63) is 76.0 Å². The second kappa shape index (κ2) is 7.39. The van der Waals surface area contributed by atoms with Gasteiger partial charge in [0, 0.05) is 22.5 Å².